The highest BCUT2D eigenvalue weighted by molar-refractivity contribution is 9.10. The van der Waals surface area contributed by atoms with Gasteiger partial charge < -0.3 is 4.74 Å². The van der Waals surface area contributed by atoms with Crippen LogP contribution in [0.3, 0.4) is 0 Å². The van der Waals surface area contributed by atoms with E-state index in [1.54, 1.807) is 48.2 Å². The fourth-order valence-electron chi connectivity index (χ4n) is 2.24. The summed E-state index contributed by atoms with van der Waals surface area (Å²) in [6.07, 6.45) is 1.70. The van der Waals surface area contributed by atoms with Gasteiger partial charge in [0, 0.05) is 20.6 Å². The van der Waals surface area contributed by atoms with Crippen molar-refractivity contribution in [3.05, 3.63) is 68.5 Å². The highest BCUT2D eigenvalue weighted by Gasteiger charge is 2.11. The van der Waals surface area contributed by atoms with Gasteiger partial charge in [0.15, 0.2) is 0 Å². The Kier molecular flexibility index (Phi) is 3.74. The Morgan fingerprint density at radius 2 is 1.81 bits per heavy atom. The first-order chi connectivity index (χ1) is 10.1. The predicted octanol–water partition coefficient (Wildman–Crippen LogP) is 4.42. The number of hydrogen-bond acceptors (Lipinski definition) is 2. The van der Waals surface area contributed by atoms with E-state index in [1.807, 2.05) is 12.1 Å². The lowest BCUT2D eigenvalue weighted by Crippen LogP contribution is -2.18. The number of rotatable bonds is 2. The molecule has 0 N–H and O–H groups in total. The Hall–Kier alpha value is -1.78. The van der Waals surface area contributed by atoms with Crippen molar-refractivity contribution in [1.82, 2.24) is 4.57 Å². The van der Waals surface area contributed by atoms with E-state index in [0.29, 0.717) is 16.2 Å². The van der Waals surface area contributed by atoms with Crippen LogP contribution in [0, 0.1) is 0 Å². The molecule has 0 atom stereocenters. The van der Waals surface area contributed by atoms with Gasteiger partial charge in [-0.2, -0.15) is 0 Å². The monoisotopic (exact) mass is 363 g/mol. The Balaban J connectivity index is 2.36. The van der Waals surface area contributed by atoms with E-state index < -0.39 is 0 Å². The van der Waals surface area contributed by atoms with Crippen molar-refractivity contribution < 1.29 is 4.74 Å². The fourth-order valence-corrected chi connectivity index (χ4v) is 2.73. The molecule has 0 aliphatic rings. The molecule has 1 heterocycles. The van der Waals surface area contributed by atoms with Crippen LogP contribution in [-0.4, -0.2) is 11.7 Å². The molecule has 0 aliphatic heterocycles. The van der Waals surface area contributed by atoms with E-state index in [9.17, 15) is 4.79 Å². The third kappa shape index (κ3) is 2.57. The van der Waals surface area contributed by atoms with E-state index >= 15 is 0 Å². The zero-order chi connectivity index (χ0) is 15.0. The first-order valence-electron chi connectivity index (χ1n) is 6.25. The number of ether oxygens (including phenoxy) is 1. The number of benzene rings is 2. The number of hydrogen-bond donors (Lipinski definition) is 0. The third-order valence-electron chi connectivity index (χ3n) is 3.27. The van der Waals surface area contributed by atoms with E-state index in [2.05, 4.69) is 15.9 Å². The fraction of sp³-hybridized carbons (Fsp3) is 0.0625. The van der Waals surface area contributed by atoms with Gasteiger partial charge in [0.2, 0.25) is 0 Å². The summed E-state index contributed by atoms with van der Waals surface area (Å²) in [5, 5.41) is 2.01. The first kappa shape index (κ1) is 14.2. The molecule has 2 aromatic carbocycles. The molecule has 0 fully saturated rings. The topological polar surface area (TPSA) is 31.2 Å². The average Bonchev–Trinajstić information content (AvgIpc) is 2.49. The van der Waals surface area contributed by atoms with Gasteiger partial charge in [-0.05, 0) is 42.5 Å². The molecule has 21 heavy (non-hydrogen) atoms. The molecule has 5 heteroatoms. The summed E-state index contributed by atoms with van der Waals surface area (Å²) in [5.41, 5.74) is 0.638. The van der Waals surface area contributed by atoms with Crippen LogP contribution in [0.2, 0.25) is 5.02 Å². The van der Waals surface area contributed by atoms with Crippen molar-refractivity contribution >= 4 is 38.3 Å². The van der Waals surface area contributed by atoms with Crippen molar-refractivity contribution in [3.8, 4) is 11.4 Å². The Morgan fingerprint density at radius 1 is 1.10 bits per heavy atom. The van der Waals surface area contributed by atoms with Gasteiger partial charge in [-0.1, -0.05) is 27.5 Å². The van der Waals surface area contributed by atoms with Crippen LogP contribution >= 0.6 is 27.5 Å². The largest absolute Gasteiger partial charge is 0.495 e. The maximum Gasteiger partial charge on any atom is 0.263 e. The molecular weight excluding hydrogens is 354 g/mol. The quantitative estimate of drug-likeness (QED) is 0.674. The van der Waals surface area contributed by atoms with Gasteiger partial charge in [0.25, 0.3) is 5.56 Å². The Morgan fingerprint density at radius 3 is 2.48 bits per heavy atom. The van der Waals surface area contributed by atoms with Crippen molar-refractivity contribution in [2.75, 3.05) is 7.11 Å². The van der Waals surface area contributed by atoms with Crippen molar-refractivity contribution in [2.24, 2.45) is 0 Å². The standard InChI is InChI=1S/C16H11BrClNO2/c1-21-15-9-19(12-5-3-11(18)4-6-12)16(20)14-8-10(17)2-7-13(14)15/h2-9H,1H3. The van der Waals surface area contributed by atoms with Gasteiger partial charge >= 0.3 is 0 Å². The van der Waals surface area contributed by atoms with Crippen LogP contribution in [-0.2, 0) is 0 Å². The summed E-state index contributed by atoms with van der Waals surface area (Å²) in [6.45, 7) is 0. The van der Waals surface area contributed by atoms with Crippen molar-refractivity contribution in [1.29, 1.82) is 0 Å². The number of methoxy groups -OCH3 is 1. The molecule has 1 aromatic heterocycles. The lowest BCUT2D eigenvalue weighted by atomic mass is 10.1. The van der Waals surface area contributed by atoms with Gasteiger partial charge in [0.1, 0.15) is 5.75 Å². The predicted molar refractivity (Wildman–Crippen MR) is 88.8 cm³/mol. The second-order valence-corrected chi connectivity index (χ2v) is 5.89. The smallest absolute Gasteiger partial charge is 0.263 e. The van der Waals surface area contributed by atoms with Crippen molar-refractivity contribution in [2.45, 2.75) is 0 Å². The van der Waals surface area contributed by atoms with Crippen LogP contribution in [0.15, 0.2) is 57.9 Å². The second kappa shape index (κ2) is 5.54. The van der Waals surface area contributed by atoms with Crippen LogP contribution in [0.5, 0.6) is 5.75 Å². The molecule has 0 unspecified atom stereocenters. The lowest BCUT2D eigenvalue weighted by Gasteiger charge is -2.12. The summed E-state index contributed by atoms with van der Waals surface area (Å²) < 4.78 is 7.82. The SMILES string of the molecule is COc1cn(-c2ccc(Cl)cc2)c(=O)c2cc(Br)ccc12. The van der Waals surface area contributed by atoms with Crippen LogP contribution in [0.25, 0.3) is 16.5 Å². The minimum Gasteiger partial charge on any atom is -0.495 e. The third-order valence-corrected chi connectivity index (χ3v) is 4.01. The molecule has 3 rings (SSSR count). The highest BCUT2D eigenvalue weighted by atomic mass is 79.9. The van der Waals surface area contributed by atoms with Crippen molar-refractivity contribution in [3.63, 3.8) is 0 Å². The molecule has 3 nitrogen and oxygen atoms in total. The van der Waals surface area contributed by atoms with E-state index in [-0.39, 0.29) is 5.56 Å². The van der Waals surface area contributed by atoms with E-state index in [4.69, 9.17) is 16.3 Å². The Bertz CT molecular complexity index is 872. The minimum absolute atomic E-state index is 0.102. The van der Waals surface area contributed by atoms with E-state index in [0.717, 1.165) is 15.5 Å². The van der Waals surface area contributed by atoms with Crippen LogP contribution in [0.1, 0.15) is 0 Å². The molecule has 0 saturated heterocycles. The summed E-state index contributed by atoms with van der Waals surface area (Å²) in [4.78, 5) is 12.7. The van der Waals surface area contributed by atoms with Gasteiger partial charge in [-0.25, -0.2) is 0 Å². The molecule has 0 saturated carbocycles. The first-order valence-corrected chi connectivity index (χ1v) is 7.42. The molecule has 0 aliphatic carbocycles. The second-order valence-electron chi connectivity index (χ2n) is 4.54. The number of halogens is 2. The maximum absolute atomic E-state index is 12.7. The molecule has 0 amide bonds. The maximum atomic E-state index is 12.7. The van der Waals surface area contributed by atoms with Crippen LogP contribution < -0.4 is 10.3 Å². The van der Waals surface area contributed by atoms with Crippen LogP contribution in [0.4, 0.5) is 0 Å². The lowest BCUT2D eigenvalue weighted by molar-refractivity contribution is 0.416. The number of fused-ring (bicyclic) bond motifs is 1. The van der Waals surface area contributed by atoms with Gasteiger partial charge in [-0.15, -0.1) is 0 Å². The summed E-state index contributed by atoms with van der Waals surface area (Å²) >= 11 is 9.29. The molecule has 0 spiro atoms. The van der Waals surface area contributed by atoms with Gasteiger partial charge in [0.05, 0.1) is 18.7 Å². The molecule has 106 valence electrons. The van der Waals surface area contributed by atoms with Gasteiger partial charge in [-0.3, -0.25) is 9.36 Å². The molecular formula is C16H11BrClNO2. The normalized spacial score (nSPS) is 10.8. The summed E-state index contributed by atoms with van der Waals surface area (Å²) in [6, 6.07) is 12.6. The zero-order valence-corrected chi connectivity index (χ0v) is 13.5. The average molecular weight is 365 g/mol. The number of nitrogens with zero attached hydrogens (tertiary/aromatic N) is 1. The highest BCUT2D eigenvalue weighted by Crippen LogP contribution is 2.26. The zero-order valence-electron chi connectivity index (χ0n) is 11.1. The number of pyridine rings is 1. The Labute approximate surface area is 134 Å². The molecule has 0 bridgehead atoms. The molecule has 3 aromatic rings. The summed E-state index contributed by atoms with van der Waals surface area (Å²) in [5.74, 6) is 0.645. The molecule has 0 radical (unpaired) electrons. The number of aromatic nitrogens is 1. The summed E-state index contributed by atoms with van der Waals surface area (Å²) in [7, 11) is 1.59. The van der Waals surface area contributed by atoms with E-state index in [1.165, 1.54) is 0 Å². The minimum atomic E-state index is -0.102.